The van der Waals surface area contributed by atoms with Crippen molar-refractivity contribution < 1.29 is 18.4 Å². The summed E-state index contributed by atoms with van der Waals surface area (Å²) in [6.45, 7) is 4.71. The highest BCUT2D eigenvalue weighted by molar-refractivity contribution is 6.10. The molecule has 0 atom stereocenters. The van der Waals surface area contributed by atoms with Gasteiger partial charge >= 0.3 is 0 Å². The van der Waals surface area contributed by atoms with E-state index >= 15 is 0 Å². The van der Waals surface area contributed by atoms with Gasteiger partial charge in [0.2, 0.25) is 17.8 Å². The van der Waals surface area contributed by atoms with Gasteiger partial charge in [-0.25, -0.2) is 18.7 Å². The number of hydrogen-bond acceptors (Lipinski definition) is 5. The van der Waals surface area contributed by atoms with Crippen molar-refractivity contribution in [2.75, 3.05) is 36.4 Å². The fourth-order valence-electron chi connectivity index (χ4n) is 2.94. The minimum atomic E-state index is -1.49. The highest BCUT2D eigenvalue weighted by Gasteiger charge is 2.40. The zero-order chi connectivity index (χ0) is 20.3. The Morgan fingerprint density at radius 2 is 1.57 bits per heavy atom. The summed E-state index contributed by atoms with van der Waals surface area (Å²) in [5.41, 5.74) is -2.04. The topological polar surface area (TPSA) is 78.4 Å². The molecule has 1 N–H and O–H groups in total. The summed E-state index contributed by atoms with van der Waals surface area (Å²) < 4.78 is 27.6. The number of hydrogen-bond donors (Lipinski definition) is 1. The largest absolute Gasteiger partial charge is 0.338 e. The van der Waals surface area contributed by atoms with Gasteiger partial charge in [-0.05, 0) is 32.0 Å². The van der Waals surface area contributed by atoms with Crippen molar-refractivity contribution in [1.29, 1.82) is 0 Å². The Morgan fingerprint density at radius 3 is 2.14 bits per heavy atom. The van der Waals surface area contributed by atoms with E-state index in [4.69, 9.17) is 0 Å². The van der Waals surface area contributed by atoms with Gasteiger partial charge in [0.05, 0.1) is 0 Å². The molecule has 1 aliphatic rings. The quantitative estimate of drug-likeness (QED) is 0.810. The third-order valence-corrected chi connectivity index (χ3v) is 4.71. The van der Waals surface area contributed by atoms with Crippen LogP contribution in [0.2, 0.25) is 0 Å². The van der Waals surface area contributed by atoms with Gasteiger partial charge in [0, 0.05) is 38.6 Å². The number of nitrogens with one attached hydrogen (secondary N) is 1. The Hall–Kier alpha value is -3.10. The van der Waals surface area contributed by atoms with Crippen molar-refractivity contribution in [3.63, 3.8) is 0 Å². The average molecular weight is 389 g/mol. The van der Waals surface area contributed by atoms with Crippen molar-refractivity contribution in [3.8, 4) is 0 Å². The smallest absolute Gasteiger partial charge is 0.239 e. The number of carbonyl (C=O) groups is 2. The van der Waals surface area contributed by atoms with Gasteiger partial charge in [-0.15, -0.1) is 0 Å². The second kappa shape index (κ2) is 7.87. The standard InChI is InChI=1S/C19H21F2N5O2/c1-19(2,16(27)24-15-13(20)5-3-6-14(15)21)17(28)25-9-11-26(12-10-25)18-22-7-4-8-23-18/h3-8H,9-12H2,1-2H3,(H,24,27). The molecule has 28 heavy (non-hydrogen) atoms. The predicted molar refractivity (Wildman–Crippen MR) is 99.6 cm³/mol. The number of rotatable bonds is 4. The van der Waals surface area contributed by atoms with Crippen LogP contribution in [0.5, 0.6) is 0 Å². The molecule has 0 saturated carbocycles. The van der Waals surface area contributed by atoms with Crippen LogP contribution in [-0.4, -0.2) is 52.9 Å². The molecule has 3 rings (SSSR count). The molecule has 2 aromatic rings. The summed E-state index contributed by atoms with van der Waals surface area (Å²) in [7, 11) is 0. The Kier molecular flexibility index (Phi) is 5.53. The summed E-state index contributed by atoms with van der Waals surface area (Å²) in [5, 5.41) is 2.21. The number of para-hydroxylation sites is 1. The maximum Gasteiger partial charge on any atom is 0.239 e. The van der Waals surface area contributed by atoms with Gasteiger partial charge in [-0.1, -0.05) is 6.07 Å². The lowest BCUT2D eigenvalue weighted by Crippen LogP contribution is -2.55. The highest BCUT2D eigenvalue weighted by Crippen LogP contribution is 2.25. The Balaban J connectivity index is 1.65. The van der Waals surface area contributed by atoms with E-state index in [1.54, 1.807) is 23.4 Å². The minimum absolute atomic E-state index is 0.391. The van der Waals surface area contributed by atoms with Crippen LogP contribution >= 0.6 is 0 Å². The van der Waals surface area contributed by atoms with Crippen LogP contribution in [0.1, 0.15) is 13.8 Å². The van der Waals surface area contributed by atoms with E-state index in [0.29, 0.717) is 32.1 Å². The van der Waals surface area contributed by atoms with E-state index in [2.05, 4.69) is 15.3 Å². The van der Waals surface area contributed by atoms with E-state index in [9.17, 15) is 18.4 Å². The predicted octanol–water partition coefficient (Wildman–Crippen LogP) is 2.07. The highest BCUT2D eigenvalue weighted by atomic mass is 19.1. The second-order valence-corrected chi connectivity index (χ2v) is 7.00. The van der Waals surface area contributed by atoms with Crippen molar-refractivity contribution in [3.05, 3.63) is 48.3 Å². The van der Waals surface area contributed by atoms with Gasteiger partial charge in [-0.3, -0.25) is 9.59 Å². The van der Waals surface area contributed by atoms with Crippen LogP contribution in [0.4, 0.5) is 20.4 Å². The minimum Gasteiger partial charge on any atom is -0.338 e. The first-order chi connectivity index (χ1) is 13.3. The SMILES string of the molecule is CC(C)(C(=O)Nc1c(F)cccc1F)C(=O)N1CCN(c2ncccn2)CC1. The van der Waals surface area contributed by atoms with Crippen LogP contribution in [0.3, 0.4) is 0 Å². The molecule has 0 bridgehead atoms. The van der Waals surface area contributed by atoms with Crippen molar-refractivity contribution in [1.82, 2.24) is 14.9 Å². The van der Waals surface area contributed by atoms with Gasteiger partial charge in [-0.2, -0.15) is 0 Å². The van der Waals surface area contributed by atoms with E-state index in [1.807, 2.05) is 4.90 Å². The van der Waals surface area contributed by atoms with Gasteiger partial charge in [0.15, 0.2) is 0 Å². The van der Waals surface area contributed by atoms with Gasteiger partial charge in [0.1, 0.15) is 22.7 Å². The summed E-state index contributed by atoms with van der Waals surface area (Å²) >= 11 is 0. The molecule has 9 heteroatoms. The van der Waals surface area contributed by atoms with Crippen molar-refractivity contribution >= 4 is 23.5 Å². The van der Waals surface area contributed by atoms with Gasteiger partial charge < -0.3 is 15.1 Å². The molecule has 0 unspecified atom stereocenters. The molecule has 7 nitrogen and oxygen atoms in total. The van der Waals surface area contributed by atoms with Crippen LogP contribution in [0, 0.1) is 17.0 Å². The summed E-state index contributed by atoms with van der Waals surface area (Å²) in [4.78, 5) is 37.4. The van der Waals surface area contributed by atoms with E-state index in [0.717, 1.165) is 12.1 Å². The molecule has 0 radical (unpaired) electrons. The maximum atomic E-state index is 13.8. The molecule has 1 aromatic heterocycles. The fraction of sp³-hybridized carbons (Fsp3) is 0.368. The average Bonchev–Trinajstić information content (AvgIpc) is 2.71. The first kappa shape index (κ1) is 19.7. The molecule has 0 spiro atoms. The zero-order valence-corrected chi connectivity index (χ0v) is 15.7. The van der Waals surface area contributed by atoms with Crippen LogP contribution in [0.25, 0.3) is 0 Å². The molecular formula is C19H21F2N5O2. The molecule has 1 aliphatic heterocycles. The zero-order valence-electron chi connectivity index (χ0n) is 15.7. The Labute approximate surface area is 161 Å². The molecule has 148 valence electrons. The first-order valence-corrected chi connectivity index (χ1v) is 8.87. The number of carbonyl (C=O) groups excluding carboxylic acids is 2. The van der Waals surface area contributed by atoms with E-state index in [1.165, 1.54) is 19.9 Å². The summed E-state index contributed by atoms with van der Waals surface area (Å²) in [6.07, 6.45) is 3.30. The van der Waals surface area contributed by atoms with E-state index < -0.39 is 34.6 Å². The van der Waals surface area contributed by atoms with Crippen LogP contribution < -0.4 is 10.2 Å². The number of benzene rings is 1. The van der Waals surface area contributed by atoms with E-state index in [-0.39, 0.29) is 0 Å². The lowest BCUT2D eigenvalue weighted by atomic mass is 9.89. The molecule has 1 fully saturated rings. The Morgan fingerprint density at radius 1 is 1.00 bits per heavy atom. The third-order valence-electron chi connectivity index (χ3n) is 4.71. The number of aromatic nitrogens is 2. The lowest BCUT2D eigenvalue weighted by molar-refractivity contribution is -0.146. The Bertz CT molecular complexity index is 848. The fourth-order valence-corrected chi connectivity index (χ4v) is 2.94. The lowest BCUT2D eigenvalue weighted by Gasteiger charge is -2.38. The molecule has 2 amide bonds. The summed E-state index contributed by atoms with van der Waals surface area (Å²) in [6, 6.07) is 5.01. The molecular weight excluding hydrogens is 368 g/mol. The molecule has 2 heterocycles. The van der Waals surface area contributed by atoms with Crippen LogP contribution in [-0.2, 0) is 9.59 Å². The second-order valence-electron chi connectivity index (χ2n) is 7.00. The first-order valence-electron chi connectivity index (χ1n) is 8.87. The van der Waals surface area contributed by atoms with Gasteiger partial charge in [0.25, 0.3) is 0 Å². The maximum absolute atomic E-state index is 13.8. The number of amides is 2. The molecule has 1 saturated heterocycles. The molecule has 1 aromatic carbocycles. The summed E-state index contributed by atoms with van der Waals surface area (Å²) in [5.74, 6) is -2.38. The monoisotopic (exact) mass is 389 g/mol. The van der Waals surface area contributed by atoms with Crippen molar-refractivity contribution in [2.24, 2.45) is 5.41 Å². The molecule has 0 aliphatic carbocycles. The number of nitrogens with zero attached hydrogens (tertiary/aromatic N) is 4. The third kappa shape index (κ3) is 3.92. The number of anilines is 2. The van der Waals surface area contributed by atoms with Crippen LogP contribution in [0.15, 0.2) is 36.7 Å². The number of piperazine rings is 1. The number of halogens is 2. The normalized spacial score (nSPS) is 14.7. The van der Waals surface area contributed by atoms with Crippen molar-refractivity contribution in [2.45, 2.75) is 13.8 Å².